The number of hydrogen-bond donors (Lipinski definition) is 0. The van der Waals surface area contributed by atoms with Crippen molar-refractivity contribution in [2.24, 2.45) is 13.5 Å². The van der Waals surface area contributed by atoms with E-state index in [-0.39, 0.29) is 0 Å². The van der Waals surface area contributed by atoms with Gasteiger partial charge in [-0.25, -0.2) is 9.03 Å². The first-order valence-corrected chi connectivity index (χ1v) is 15.7. The van der Waals surface area contributed by atoms with Crippen molar-refractivity contribution in [1.29, 1.82) is 0 Å². The smallest absolute Gasteiger partial charge is 0.209 e. The molecule has 1 unspecified atom stereocenters. The Kier molecular flexibility index (Phi) is 5.15. The second-order valence-corrected chi connectivity index (χ2v) is 18.0. The molecule has 1 aliphatic heterocycles. The Balaban J connectivity index is 2.08. The van der Waals surface area contributed by atoms with E-state index in [4.69, 9.17) is 45.0 Å². The third-order valence-corrected chi connectivity index (χ3v) is 15.6. The minimum Gasteiger partial charge on any atom is -0.209 e. The van der Waals surface area contributed by atoms with Gasteiger partial charge in [0.1, 0.15) is 7.21 Å². The molecule has 3 nitrogen and oxygen atoms in total. The lowest BCUT2D eigenvalue weighted by Gasteiger charge is -2.24. The van der Waals surface area contributed by atoms with Gasteiger partial charge in [0.15, 0.2) is 0 Å². The standard InChI is InChI=1S/C13H12Cl4N3P3/c1-21(18-22(14,15)20-23(16,17)19-21)13-9-7-12(8-10-13)11-5-3-2-4-6-11/h2-10H,1H3. The Morgan fingerprint density at radius 2 is 1.17 bits per heavy atom. The van der Waals surface area contributed by atoms with Gasteiger partial charge in [-0.05, 0) is 62.8 Å². The highest BCUT2D eigenvalue weighted by atomic mass is 35.9. The minimum absolute atomic E-state index is 0.934. The van der Waals surface area contributed by atoms with E-state index in [1.54, 1.807) is 0 Å². The summed E-state index contributed by atoms with van der Waals surface area (Å²) in [5.41, 5.74) is 2.25. The van der Waals surface area contributed by atoms with Crippen molar-refractivity contribution in [2.75, 3.05) is 6.66 Å². The lowest BCUT2D eigenvalue weighted by Crippen LogP contribution is -2.02. The van der Waals surface area contributed by atoms with Crippen LogP contribution in [-0.2, 0) is 0 Å². The van der Waals surface area contributed by atoms with Crippen LogP contribution in [0.5, 0.6) is 0 Å². The first kappa shape index (κ1) is 18.1. The van der Waals surface area contributed by atoms with Gasteiger partial charge in [-0.2, -0.15) is 4.52 Å². The highest BCUT2D eigenvalue weighted by Gasteiger charge is 2.31. The molecule has 0 radical (unpaired) electrons. The van der Waals surface area contributed by atoms with Crippen LogP contribution in [0.4, 0.5) is 0 Å². The molecule has 0 saturated carbocycles. The quantitative estimate of drug-likeness (QED) is 0.416. The number of benzene rings is 2. The van der Waals surface area contributed by atoms with Crippen molar-refractivity contribution < 1.29 is 0 Å². The lowest BCUT2D eigenvalue weighted by atomic mass is 10.1. The molecule has 1 atom stereocenters. The Bertz CT molecular complexity index is 890. The maximum absolute atomic E-state index is 6.19. The Labute approximate surface area is 154 Å². The molecule has 23 heavy (non-hydrogen) atoms. The molecule has 0 amide bonds. The molecular weight excluding hydrogens is 433 g/mol. The fourth-order valence-corrected chi connectivity index (χ4v) is 19.1. The van der Waals surface area contributed by atoms with Crippen molar-refractivity contribution in [1.82, 2.24) is 0 Å². The van der Waals surface area contributed by atoms with E-state index in [9.17, 15) is 0 Å². The summed E-state index contributed by atoms with van der Waals surface area (Å²) in [6, 6.07) is 18.1. The molecule has 0 fully saturated rings. The molecule has 0 aromatic heterocycles. The maximum Gasteiger partial charge on any atom is 0.255 e. The Morgan fingerprint density at radius 1 is 0.652 bits per heavy atom. The van der Waals surface area contributed by atoms with E-state index in [0.717, 1.165) is 16.4 Å². The van der Waals surface area contributed by atoms with Gasteiger partial charge in [0, 0.05) is 5.30 Å². The predicted octanol–water partition coefficient (Wildman–Crippen LogP) is 8.59. The molecule has 10 heteroatoms. The van der Waals surface area contributed by atoms with Gasteiger partial charge in [-0.15, -0.1) is 0 Å². The number of halogens is 4. The van der Waals surface area contributed by atoms with Crippen molar-refractivity contribution >= 4 is 69.3 Å². The third kappa shape index (κ3) is 4.28. The monoisotopic (exact) mass is 443 g/mol. The Morgan fingerprint density at radius 3 is 1.74 bits per heavy atom. The van der Waals surface area contributed by atoms with Crippen molar-refractivity contribution in [3.63, 3.8) is 0 Å². The highest BCUT2D eigenvalue weighted by Crippen LogP contribution is 2.84. The topological polar surface area (TPSA) is 37.1 Å². The van der Waals surface area contributed by atoms with Crippen LogP contribution in [0.3, 0.4) is 0 Å². The largest absolute Gasteiger partial charge is 0.255 e. The van der Waals surface area contributed by atoms with Crippen molar-refractivity contribution in [2.45, 2.75) is 0 Å². The average Bonchev–Trinajstić information content (AvgIpc) is 2.44. The van der Waals surface area contributed by atoms with Crippen LogP contribution in [-0.4, -0.2) is 6.66 Å². The van der Waals surface area contributed by atoms with Gasteiger partial charge < -0.3 is 0 Å². The highest BCUT2D eigenvalue weighted by molar-refractivity contribution is 8.21. The molecule has 2 aromatic carbocycles. The van der Waals surface area contributed by atoms with E-state index >= 15 is 0 Å². The summed E-state index contributed by atoms with van der Waals surface area (Å²) in [5, 5.41) is 0.934. The molecule has 1 heterocycles. The van der Waals surface area contributed by atoms with Gasteiger partial charge in [0.05, 0.1) is 0 Å². The molecule has 0 N–H and O–H groups in total. The molecule has 0 saturated heterocycles. The molecule has 0 bridgehead atoms. The van der Waals surface area contributed by atoms with Crippen LogP contribution in [0.25, 0.3) is 11.1 Å². The number of rotatable bonds is 2. The van der Waals surface area contributed by atoms with E-state index in [2.05, 4.69) is 25.7 Å². The average molecular weight is 445 g/mol. The van der Waals surface area contributed by atoms with Crippen molar-refractivity contribution in [3.05, 3.63) is 54.6 Å². The summed E-state index contributed by atoms with van der Waals surface area (Å²) in [6.07, 6.45) is 0. The normalized spacial score (nSPS) is 24.9. The molecule has 0 spiro atoms. The Hall–Kier alpha value is 0.290. The SMILES string of the molecule is CP1(c2ccc(-c3ccccc3)cc2)=NP(Cl)(Cl)=NP(Cl)(Cl)=N1. The fourth-order valence-electron chi connectivity index (χ4n) is 2.27. The number of nitrogens with zero attached hydrogens (tertiary/aromatic N) is 3. The summed E-state index contributed by atoms with van der Waals surface area (Å²) >= 11 is 24.8. The zero-order chi connectivity index (χ0) is 16.7. The lowest BCUT2D eigenvalue weighted by molar-refractivity contribution is 1.63. The van der Waals surface area contributed by atoms with E-state index in [1.165, 1.54) is 0 Å². The third-order valence-electron chi connectivity index (χ3n) is 3.24. The van der Waals surface area contributed by atoms with E-state index in [1.807, 2.05) is 49.1 Å². The van der Waals surface area contributed by atoms with Crippen LogP contribution in [0, 0.1) is 0 Å². The predicted molar refractivity (Wildman–Crippen MR) is 109 cm³/mol. The van der Waals surface area contributed by atoms with Gasteiger partial charge in [-0.1, -0.05) is 54.6 Å². The van der Waals surface area contributed by atoms with Crippen LogP contribution >= 0.6 is 64.0 Å². The van der Waals surface area contributed by atoms with Crippen LogP contribution in [0.15, 0.2) is 68.1 Å². The fraction of sp³-hybridized carbons (Fsp3) is 0.0769. The van der Waals surface area contributed by atoms with Crippen LogP contribution in [0.2, 0.25) is 0 Å². The number of hydrogen-bond acceptors (Lipinski definition) is 3. The molecule has 122 valence electrons. The maximum atomic E-state index is 6.19. The summed E-state index contributed by atoms with van der Waals surface area (Å²) in [7, 11) is -2.34. The zero-order valence-corrected chi connectivity index (χ0v) is 17.6. The van der Waals surface area contributed by atoms with Gasteiger partial charge in [0.2, 0.25) is 0 Å². The summed E-state index contributed by atoms with van der Waals surface area (Å²) in [4.78, 5) is 0. The molecule has 0 aliphatic carbocycles. The van der Waals surface area contributed by atoms with Crippen molar-refractivity contribution in [3.8, 4) is 11.1 Å². The molecular formula is C13H12Cl4N3P3. The van der Waals surface area contributed by atoms with Gasteiger partial charge in [-0.3, -0.25) is 0 Å². The molecule has 3 rings (SSSR count). The minimum atomic E-state index is -2.88. The first-order valence-electron chi connectivity index (χ1n) is 6.53. The second-order valence-electron chi connectivity index (χ2n) is 5.01. The van der Waals surface area contributed by atoms with E-state index in [0.29, 0.717) is 0 Å². The van der Waals surface area contributed by atoms with Crippen LogP contribution < -0.4 is 5.30 Å². The summed E-state index contributed by atoms with van der Waals surface area (Å²) in [5.74, 6) is -5.76. The summed E-state index contributed by atoms with van der Waals surface area (Å²) in [6.45, 7) is 1.90. The second kappa shape index (κ2) is 6.54. The van der Waals surface area contributed by atoms with Gasteiger partial charge in [0.25, 0.3) is 11.8 Å². The van der Waals surface area contributed by atoms with E-state index < -0.39 is 19.0 Å². The first-order chi connectivity index (χ1) is 10.7. The van der Waals surface area contributed by atoms with Crippen LogP contribution in [0.1, 0.15) is 0 Å². The summed E-state index contributed by atoms with van der Waals surface area (Å²) < 4.78 is 13.0. The molecule has 2 aromatic rings. The zero-order valence-electron chi connectivity index (χ0n) is 11.9. The van der Waals surface area contributed by atoms with Gasteiger partial charge >= 0.3 is 0 Å². The molecule has 1 aliphatic rings.